The molecule has 116 valence electrons. The van der Waals surface area contributed by atoms with Crippen molar-refractivity contribution in [1.29, 1.82) is 0 Å². The van der Waals surface area contributed by atoms with E-state index in [1.807, 2.05) is 37.3 Å². The molecular formula is C17H18BrNO3. The molecule has 0 heterocycles. The average Bonchev–Trinajstić information content (AvgIpc) is 2.50. The van der Waals surface area contributed by atoms with Crippen LogP contribution in [-0.2, 0) is 4.79 Å². The zero-order valence-corrected chi connectivity index (χ0v) is 14.3. The third-order valence-corrected chi connectivity index (χ3v) is 3.76. The lowest BCUT2D eigenvalue weighted by atomic mass is 10.2. The molecule has 2 rings (SSSR count). The highest BCUT2D eigenvalue weighted by Crippen LogP contribution is 2.24. The summed E-state index contributed by atoms with van der Waals surface area (Å²) in [7, 11) is 1.59. The zero-order valence-electron chi connectivity index (χ0n) is 12.7. The number of aryl methyl sites for hydroxylation is 1. The molecule has 4 nitrogen and oxygen atoms in total. The molecule has 0 fully saturated rings. The van der Waals surface area contributed by atoms with E-state index >= 15 is 0 Å². The molecule has 22 heavy (non-hydrogen) atoms. The van der Waals surface area contributed by atoms with Crippen LogP contribution >= 0.6 is 15.9 Å². The Bertz CT molecular complexity index is 673. The van der Waals surface area contributed by atoms with Gasteiger partial charge in [-0.3, -0.25) is 4.79 Å². The fraction of sp³-hybridized carbons (Fsp3) is 0.235. The van der Waals surface area contributed by atoms with Crippen LogP contribution in [0, 0.1) is 6.92 Å². The summed E-state index contributed by atoms with van der Waals surface area (Å²) in [4.78, 5) is 12.2. The Morgan fingerprint density at radius 3 is 2.59 bits per heavy atom. The van der Waals surface area contributed by atoms with Crippen molar-refractivity contribution in [2.24, 2.45) is 0 Å². The summed E-state index contributed by atoms with van der Waals surface area (Å²) in [5, 5.41) is 2.84. The largest absolute Gasteiger partial charge is 0.497 e. The first-order valence-electron chi connectivity index (χ1n) is 6.87. The zero-order chi connectivity index (χ0) is 16.1. The molecule has 2 aromatic carbocycles. The van der Waals surface area contributed by atoms with Gasteiger partial charge >= 0.3 is 0 Å². The summed E-state index contributed by atoms with van der Waals surface area (Å²) >= 11 is 3.44. The molecule has 0 aliphatic heterocycles. The van der Waals surface area contributed by atoms with Gasteiger partial charge in [0, 0.05) is 10.5 Å². The van der Waals surface area contributed by atoms with Crippen molar-refractivity contribution in [3.8, 4) is 11.5 Å². The van der Waals surface area contributed by atoms with E-state index < -0.39 is 6.10 Å². The SMILES string of the molecule is COc1cccc(OC(C)C(=O)Nc2ccc(C)cc2Br)c1. The number of anilines is 1. The molecule has 0 saturated heterocycles. The number of amides is 1. The number of nitrogens with one attached hydrogen (secondary N) is 1. The Hall–Kier alpha value is -2.01. The molecule has 0 bridgehead atoms. The van der Waals surface area contributed by atoms with Gasteiger partial charge in [-0.15, -0.1) is 0 Å². The number of hydrogen-bond donors (Lipinski definition) is 1. The Morgan fingerprint density at radius 1 is 1.18 bits per heavy atom. The molecule has 1 unspecified atom stereocenters. The van der Waals surface area contributed by atoms with Gasteiger partial charge in [0.05, 0.1) is 12.8 Å². The molecule has 0 aliphatic rings. The smallest absolute Gasteiger partial charge is 0.265 e. The molecule has 0 aromatic heterocycles. The number of rotatable bonds is 5. The quantitative estimate of drug-likeness (QED) is 0.866. The highest BCUT2D eigenvalue weighted by atomic mass is 79.9. The number of halogens is 1. The fourth-order valence-electron chi connectivity index (χ4n) is 1.89. The van der Waals surface area contributed by atoms with Gasteiger partial charge in [0.2, 0.25) is 0 Å². The van der Waals surface area contributed by atoms with E-state index in [0.29, 0.717) is 11.5 Å². The second kappa shape index (κ2) is 7.31. The molecule has 2 aromatic rings. The monoisotopic (exact) mass is 363 g/mol. The van der Waals surface area contributed by atoms with Gasteiger partial charge < -0.3 is 14.8 Å². The van der Waals surface area contributed by atoms with E-state index in [0.717, 1.165) is 15.7 Å². The highest BCUT2D eigenvalue weighted by molar-refractivity contribution is 9.10. The predicted octanol–water partition coefficient (Wildman–Crippen LogP) is 4.17. The van der Waals surface area contributed by atoms with E-state index in [4.69, 9.17) is 9.47 Å². The predicted molar refractivity (Wildman–Crippen MR) is 90.6 cm³/mol. The third kappa shape index (κ3) is 4.24. The Kier molecular flexibility index (Phi) is 5.44. The van der Waals surface area contributed by atoms with Crippen molar-refractivity contribution in [2.45, 2.75) is 20.0 Å². The minimum atomic E-state index is -0.625. The van der Waals surface area contributed by atoms with Gasteiger partial charge in [0.25, 0.3) is 5.91 Å². The second-order valence-corrected chi connectivity index (χ2v) is 5.77. The molecule has 1 atom stereocenters. The van der Waals surface area contributed by atoms with Crippen LogP contribution in [0.25, 0.3) is 0 Å². The molecule has 1 N–H and O–H groups in total. The van der Waals surface area contributed by atoms with Crippen molar-refractivity contribution < 1.29 is 14.3 Å². The standard InChI is InChI=1S/C17H18BrNO3/c1-11-7-8-16(15(18)9-11)19-17(20)12(2)22-14-6-4-5-13(10-14)21-3/h4-10,12H,1-3H3,(H,19,20). The lowest BCUT2D eigenvalue weighted by molar-refractivity contribution is -0.122. The van der Waals surface area contributed by atoms with Gasteiger partial charge in [-0.2, -0.15) is 0 Å². The summed E-state index contributed by atoms with van der Waals surface area (Å²) in [5.74, 6) is 1.06. The molecule has 5 heteroatoms. The van der Waals surface area contributed by atoms with Crippen LogP contribution in [-0.4, -0.2) is 19.1 Å². The lowest BCUT2D eigenvalue weighted by Gasteiger charge is -2.16. The van der Waals surface area contributed by atoms with Crippen molar-refractivity contribution >= 4 is 27.5 Å². The number of ether oxygens (including phenoxy) is 2. The number of hydrogen-bond acceptors (Lipinski definition) is 3. The van der Waals surface area contributed by atoms with Crippen LogP contribution in [0.2, 0.25) is 0 Å². The topological polar surface area (TPSA) is 47.6 Å². The minimum Gasteiger partial charge on any atom is -0.497 e. The van der Waals surface area contributed by atoms with E-state index in [1.165, 1.54) is 0 Å². The maximum atomic E-state index is 12.2. The fourth-order valence-corrected chi connectivity index (χ4v) is 2.48. The van der Waals surface area contributed by atoms with Crippen LogP contribution < -0.4 is 14.8 Å². The van der Waals surface area contributed by atoms with Crippen LogP contribution in [0.5, 0.6) is 11.5 Å². The first-order valence-corrected chi connectivity index (χ1v) is 7.66. The molecule has 1 amide bonds. The number of carbonyl (C=O) groups is 1. The summed E-state index contributed by atoms with van der Waals surface area (Å²) in [5.41, 5.74) is 1.84. The molecule has 0 radical (unpaired) electrons. The molecular weight excluding hydrogens is 346 g/mol. The summed E-state index contributed by atoms with van der Waals surface area (Å²) in [6.45, 7) is 3.70. The second-order valence-electron chi connectivity index (χ2n) is 4.91. The van der Waals surface area contributed by atoms with Crippen molar-refractivity contribution in [3.05, 3.63) is 52.5 Å². The Morgan fingerprint density at radius 2 is 1.91 bits per heavy atom. The van der Waals surface area contributed by atoms with Crippen LogP contribution in [0.1, 0.15) is 12.5 Å². The van der Waals surface area contributed by atoms with Gasteiger partial charge in [-0.25, -0.2) is 0 Å². The maximum Gasteiger partial charge on any atom is 0.265 e. The maximum absolute atomic E-state index is 12.2. The first kappa shape index (κ1) is 16.4. The van der Waals surface area contributed by atoms with Crippen LogP contribution in [0.15, 0.2) is 46.9 Å². The normalized spacial score (nSPS) is 11.6. The third-order valence-electron chi connectivity index (χ3n) is 3.11. The van der Waals surface area contributed by atoms with Crippen LogP contribution in [0.4, 0.5) is 5.69 Å². The van der Waals surface area contributed by atoms with Gasteiger partial charge in [0.1, 0.15) is 11.5 Å². The summed E-state index contributed by atoms with van der Waals surface area (Å²) in [6, 6.07) is 12.9. The van der Waals surface area contributed by atoms with Crippen molar-refractivity contribution in [2.75, 3.05) is 12.4 Å². The Labute approximate surface area is 138 Å². The first-order chi connectivity index (χ1) is 10.5. The number of methoxy groups -OCH3 is 1. The lowest BCUT2D eigenvalue weighted by Crippen LogP contribution is -2.30. The van der Waals surface area contributed by atoms with Crippen LogP contribution in [0.3, 0.4) is 0 Å². The number of benzene rings is 2. The van der Waals surface area contributed by atoms with Gasteiger partial charge in [0.15, 0.2) is 6.10 Å². The highest BCUT2D eigenvalue weighted by Gasteiger charge is 2.16. The van der Waals surface area contributed by atoms with E-state index in [2.05, 4.69) is 21.2 Å². The minimum absolute atomic E-state index is 0.215. The average molecular weight is 364 g/mol. The molecule has 0 spiro atoms. The number of carbonyl (C=O) groups excluding carboxylic acids is 1. The van der Waals surface area contributed by atoms with Gasteiger partial charge in [-0.1, -0.05) is 12.1 Å². The summed E-state index contributed by atoms with van der Waals surface area (Å²) < 4.78 is 11.6. The van der Waals surface area contributed by atoms with Crippen molar-refractivity contribution in [1.82, 2.24) is 0 Å². The van der Waals surface area contributed by atoms with Crippen molar-refractivity contribution in [3.63, 3.8) is 0 Å². The van der Waals surface area contributed by atoms with E-state index in [9.17, 15) is 4.79 Å². The Balaban J connectivity index is 2.02. The molecule has 0 saturated carbocycles. The van der Waals surface area contributed by atoms with E-state index in [-0.39, 0.29) is 5.91 Å². The molecule has 0 aliphatic carbocycles. The summed E-state index contributed by atoms with van der Waals surface area (Å²) in [6.07, 6.45) is -0.625. The van der Waals surface area contributed by atoms with E-state index in [1.54, 1.807) is 26.2 Å². The van der Waals surface area contributed by atoms with Gasteiger partial charge in [-0.05, 0) is 59.6 Å².